The van der Waals surface area contributed by atoms with Crippen LogP contribution in [-0.4, -0.2) is 19.6 Å². The summed E-state index contributed by atoms with van der Waals surface area (Å²) in [7, 11) is 0. The summed E-state index contributed by atoms with van der Waals surface area (Å²) in [4.78, 5) is 13.1. The standard InChI is InChI=1S/C20H26O2Se/c1-15-9-7-13-19(15,2)20(3)14-8-12-17(18(20)21)23(22)16-10-5-4-6-11-16/h4-6,10-11,17H,1,7-9,12-14H2,2-3H3/t17?,19-,20-,23?/m0/s1. The van der Waals surface area contributed by atoms with Crippen LogP contribution in [0.1, 0.15) is 52.4 Å². The average Bonchev–Trinajstić information content (AvgIpc) is 2.91. The van der Waals surface area contributed by atoms with Gasteiger partial charge in [-0.25, -0.2) is 0 Å². The van der Waals surface area contributed by atoms with Gasteiger partial charge in [0.25, 0.3) is 0 Å². The molecule has 0 saturated heterocycles. The van der Waals surface area contributed by atoms with Gasteiger partial charge < -0.3 is 0 Å². The number of hydrogen-bond donors (Lipinski definition) is 0. The topological polar surface area (TPSA) is 34.1 Å². The molecule has 23 heavy (non-hydrogen) atoms. The van der Waals surface area contributed by atoms with Crippen molar-refractivity contribution in [3.63, 3.8) is 0 Å². The van der Waals surface area contributed by atoms with Crippen molar-refractivity contribution in [1.29, 1.82) is 0 Å². The Morgan fingerprint density at radius 3 is 2.35 bits per heavy atom. The van der Waals surface area contributed by atoms with Gasteiger partial charge in [0.2, 0.25) is 0 Å². The van der Waals surface area contributed by atoms with Crippen molar-refractivity contribution >= 4 is 24.1 Å². The minimum absolute atomic E-state index is 0.120. The predicted molar refractivity (Wildman–Crippen MR) is 94.3 cm³/mol. The molecule has 2 nitrogen and oxygen atoms in total. The van der Waals surface area contributed by atoms with E-state index in [4.69, 9.17) is 0 Å². The zero-order valence-corrected chi connectivity index (χ0v) is 15.9. The summed E-state index contributed by atoms with van der Waals surface area (Å²) in [6.07, 6.45) is 5.87. The van der Waals surface area contributed by atoms with Crippen molar-refractivity contribution in [2.45, 2.75) is 57.2 Å². The van der Waals surface area contributed by atoms with E-state index in [9.17, 15) is 8.63 Å². The van der Waals surface area contributed by atoms with Gasteiger partial charge in [0.05, 0.1) is 0 Å². The fourth-order valence-corrected chi connectivity index (χ4v) is 7.83. The molecule has 0 amide bonds. The molecule has 0 radical (unpaired) electrons. The summed E-state index contributed by atoms with van der Waals surface area (Å²) < 4.78 is 13.9. The normalized spacial score (nSPS) is 36.2. The molecule has 0 spiro atoms. The van der Waals surface area contributed by atoms with Crippen LogP contribution in [0.15, 0.2) is 42.5 Å². The summed E-state index contributed by atoms with van der Waals surface area (Å²) in [6.45, 7) is 8.60. The molecule has 3 rings (SSSR count). The summed E-state index contributed by atoms with van der Waals surface area (Å²) >= 11 is -2.35. The maximum absolute atomic E-state index is 13.4. The number of allylic oxidation sites excluding steroid dienone is 1. The fourth-order valence-electron chi connectivity index (χ4n) is 4.50. The Labute approximate surface area is 143 Å². The Kier molecular flexibility index (Phi) is 4.46. The van der Waals surface area contributed by atoms with Crippen LogP contribution in [0.2, 0.25) is 4.82 Å². The number of carbonyl (C=O) groups is 1. The number of hydrogen-bond acceptors (Lipinski definition) is 2. The van der Waals surface area contributed by atoms with Crippen LogP contribution in [0.4, 0.5) is 0 Å². The first-order chi connectivity index (χ1) is 10.9. The molecule has 1 aromatic carbocycles. The van der Waals surface area contributed by atoms with Gasteiger partial charge in [-0.3, -0.25) is 0 Å². The molecule has 1 aromatic rings. The Hall–Kier alpha value is -1.05. The molecule has 2 aliphatic rings. The third-order valence-electron chi connectivity index (χ3n) is 6.37. The molecule has 2 fully saturated rings. The molecule has 2 aliphatic carbocycles. The monoisotopic (exact) mass is 378 g/mol. The van der Waals surface area contributed by atoms with E-state index in [0.29, 0.717) is 0 Å². The van der Waals surface area contributed by atoms with Gasteiger partial charge in [0.1, 0.15) is 0 Å². The van der Waals surface area contributed by atoms with Crippen molar-refractivity contribution in [3.05, 3.63) is 42.5 Å². The van der Waals surface area contributed by atoms with E-state index >= 15 is 0 Å². The van der Waals surface area contributed by atoms with Crippen LogP contribution in [0, 0.1) is 10.8 Å². The molecule has 0 aromatic heterocycles. The van der Waals surface area contributed by atoms with Crippen LogP contribution in [0.5, 0.6) is 0 Å². The minimum atomic E-state index is -2.35. The predicted octanol–water partition coefficient (Wildman–Crippen LogP) is 4.19. The van der Waals surface area contributed by atoms with E-state index in [-0.39, 0.29) is 16.0 Å². The van der Waals surface area contributed by atoms with Gasteiger partial charge in [-0.1, -0.05) is 0 Å². The van der Waals surface area contributed by atoms with E-state index in [0.717, 1.165) is 43.0 Å². The molecule has 0 N–H and O–H groups in total. The Balaban J connectivity index is 1.92. The number of ketones is 1. The Morgan fingerprint density at radius 1 is 1.09 bits per heavy atom. The number of benzene rings is 1. The van der Waals surface area contributed by atoms with Crippen molar-refractivity contribution in [3.8, 4) is 0 Å². The number of carbonyl (C=O) groups excluding carboxylic acids is 1. The first kappa shape index (κ1) is 16.8. The van der Waals surface area contributed by atoms with Crippen molar-refractivity contribution in [2.24, 2.45) is 10.8 Å². The van der Waals surface area contributed by atoms with Crippen LogP contribution in [0.25, 0.3) is 0 Å². The second-order valence-electron chi connectivity index (χ2n) is 7.48. The molecule has 4 atom stereocenters. The summed E-state index contributed by atoms with van der Waals surface area (Å²) in [6, 6.07) is 9.58. The first-order valence-electron chi connectivity index (χ1n) is 8.58. The first-order valence-corrected chi connectivity index (χ1v) is 11.1. The third-order valence-corrected chi connectivity index (χ3v) is 9.94. The SMILES string of the molecule is C=C1CCC[C@]1(C)[C@@]1(C)CCCC([Se](=O)c2ccccc2)C1=O. The summed E-state index contributed by atoms with van der Waals surface area (Å²) in [5.74, 6) is 0.234. The zero-order valence-electron chi connectivity index (χ0n) is 14.1. The van der Waals surface area contributed by atoms with Crippen LogP contribution in [-0.2, 0) is 8.63 Å². The van der Waals surface area contributed by atoms with Gasteiger partial charge >= 0.3 is 143 Å². The van der Waals surface area contributed by atoms with E-state index < -0.39 is 19.2 Å². The summed E-state index contributed by atoms with van der Waals surface area (Å²) in [5, 5.41) is 0. The molecule has 124 valence electrons. The Morgan fingerprint density at radius 2 is 1.74 bits per heavy atom. The van der Waals surface area contributed by atoms with Crippen LogP contribution in [0.3, 0.4) is 0 Å². The van der Waals surface area contributed by atoms with Gasteiger partial charge in [0, 0.05) is 0 Å². The van der Waals surface area contributed by atoms with Crippen molar-refractivity contribution in [1.82, 2.24) is 0 Å². The molecule has 2 saturated carbocycles. The summed E-state index contributed by atoms with van der Waals surface area (Å²) in [5.41, 5.74) is 0.701. The zero-order chi connectivity index (χ0) is 16.7. The molecule has 0 aliphatic heterocycles. The molecule has 2 unspecified atom stereocenters. The molecular formula is C20H26O2Se. The quantitative estimate of drug-likeness (QED) is 0.585. The van der Waals surface area contributed by atoms with E-state index in [1.807, 2.05) is 30.3 Å². The number of Topliss-reactive ketones (excluding diaryl/α,β-unsaturated/α-hetero) is 1. The molecule has 3 heteroatoms. The van der Waals surface area contributed by atoms with Gasteiger partial charge in [0.15, 0.2) is 0 Å². The van der Waals surface area contributed by atoms with Crippen molar-refractivity contribution in [2.75, 3.05) is 0 Å². The molecular weight excluding hydrogens is 351 g/mol. The fraction of sp³-hybridized carbons (Fsp3) is 0.550. The van der Waals surface area contributed by atoms with E-state index in [2.05, 4.69) is 20.4 Å². The maximum atomic E-state index is 13.4. The second-order valence-corrected chi connectivity index (χ2v) is 10.9. The van der Waals surface area contributed by atoms with E-state index in [1.54, 1.807) is 0 Å². The van der Waals surface area contributed by atoms with Gasteiger partial charge in [-0.2, -0.15) is 0 Å². The number of rotatable bonds is 3. The molecule has 0 bridgehead atoms. The van der Waals surface area contributed by atoms with Crippen LogP contribution >= 0.6 is 0 Å². The van der Waals surface area contributed by atoms with Crippen LogP contribution < -0.4 is 4.46 Å². The van der Waals surface area contributed by atoms with Gasteiger partial charge in [-0.15, -0.1) is 0 Å². The Bertz CT molecular complexity index is 651. The van der Waals surface area contributed by atoms with E-state index in [1.165, 1.54) is 5.57 Å². The second kappa shape index (κ2) is 6.11. The van der Waals surface area contributed by atoms with Crippen molar-refractivity contribution < 1.29 is 8.63 Å². The van der Waals surface area contributed by atoms with Gasteiger partial charge in [-0.05, 0) is 0 Å². The molecule has 0 heterocycles. The third kappa shape index (κ3) is 2.58. The average molecular weight is 377 g/mol.